The van der Waals surface area contributed by atoms with Crippen molar-refractivity contribution in [2.24, 2.45) is 0 Å². The van der Waals surface area contributed by atoms with Crippen LogP contribution in [-0.2, 0) is 4.84 Å². The molecule has 1 amide bonds. The summed E-state index contributed by atoms with van der Waals surface area (Å²) in [5.41, 5.74) is -0.939. The minimum Gasteiger partial charge on any atom is -0.478 e. The number of nitrogens with zero attached hydrogens (tertiary/aromatic N) is 2. The van der Waals surface area contributed by atoms with E-state index in [1.54, 1.807) is 0 Å². The monoisotopic (exact) mass is 254 g/mol. The first-order valence-corrected chi connectivity index (χ1v) is 4.71. The van der Waals surface area contributed by atoms with Crippen LogP contribution in [0.25, 0.3) is 0 Å². The number of aromatic carboxylic acids is 1. The Kier molecular flexibility index (Phi) is 3.95. The summed E-state index contributed by atoms with van der Waals surface area (Å²) >= 11 is 0. The van der Waals surface area contributed by atoms with Gasteiger partial charge in [-0.15, -0.1) is 0 Å². The maximum Gasteiger partial charge on any atom is 0.335 e. The molecule has 0 aliphatic rings. The molecule has 8 nitrogen and oxygen atoms in total. The normalized spacial score (nSPS) is 9.89. The highest BCUT2D eigenvalue weighted by molar-refractivity contribution is 5.97. The summed E-state index contributed by atoms with van der Waals surface area (Å²) in [6, 6.07) is 2.92. The van der Waals surface area contributed by atoms with Gasteiger partial charge in [-0.2, -0.15) is 0 Å². The SMILES string of the molecule is CON(C)C(=O)c1cc(C(=O)O)cc([N+](=O)[O-])c1. The summed E-state index contributed by atoms with van der Waals surface area (Å²) in [6.07, 6.45) is 0. The highest BCUT2D eigenvalue weighted by atomic mass is 16.7. The van der Waals surface area contributed by atoms with Crippen molar-refractivity contribution in [3.05, 3.63) is 39.4 Å². The summed E-state index contributed by atoms with van der Waals surface area (Å²) < 4.78 is 0. The van der Waals surface area contributed by atoms with Crippen LogP contribution in [0.1, 0.15) is 20.7 Å². The number of rotatable bonds is 4. The number of non-ortho nitro benzene ring substituents is 1. The highest BCUT2D eigenvalue weighted by Crippen LogP contribution is 2.18. The van der Waals surface area contributed by atoms with Crippen molar-refractivity contribution in [2.45, 2.75) is 0 Å². The van der Waals surface area contributed by atoms with Gasteiger partial charge in [0.05, 0.1) is 17.6 Å². The molecule has 1 aromatic carbocycles. The fraction of sp³-hybridized carbons (Fsp3) is 0.200. The van der Waals surface area contributed by atoms with Crippen LogP contribution in [0, 0.1) is 10.1 Å². The minimum atomic E-state index is -1.35. The number of nitro benzene ring substituents is 1. The molecule has 1 N–H and O–H groups in total. The average molecular weight is 254 g/mol. The smallest absolute Gasteiger partial charge is 0.335 e. The lowest BCUT2D eigenvalue weighted by atomic mass is 10.1. The highest BCUT2D eigenvalue weighted by Gasteiger charge is 2.19. The molecule has 0 aliphatic carbocycles. The third-order valence-corrected chi connectivity index (χ3v) is 2.18. The molecule has 96 valence electrons. The minimum absolute atomic E-state index is 0.133. The van der Waals surface area contributed by atoms with E-state index < -0.39 is 22.5 Å². The van der Waals surface area contributed by atoms with Crippen molar-refractivity contribution in [2.75, 3.05) is 14.2 Å². The lowest BCUT2D eigenvalue weighted by Gasteiger charge is -2.13. The zero-order valence-electron chi connectivity index (χ0n) is 9.61. The van der Waals surface area contributed by atoms with Crippen LogP contribution in [0.4, 0.5) is 5.69 Å². The largest absolute Gasteiger partial charge is 0.478 e. The Bertz CT molecular complexity index is 481. The van der Waals surface area contributed by atoms with Gasteiger partial charge >= 0.3 is 5.97 Å². The van der Waals surface area contributed by atoms with Crippen LogP contribution in [0.2, 0.25) is 0 Å². The molecule has 0 bridgehead atoms. The number of hydroxylamine groups is 2. The molecule has 0 aromatic heterocycles. The molecule has 0 unspecified atom stereocenters. The zero-order valence-corrected chi connectivity index (χ0v) is 9.61. The van der Waals surface area contributed by atoms with Crippen LogP contribution in [0.3, 0.4) is 0 Å². The van der Waals surface area contributed by atoms with Gasteiger partial charge in [0.15, 0.2) is 0 Å². The van der Waals surface area contributed by atoms with Crippen molar-refractivity contribution >= 4 is 17.6 Å². The van der Waals surface area contributed by atoms with Crippen molar-refractivity contribution in [3.63, 3.8) is 0 Å². The van der Waals surface area contributed by atoms with Crippen LogP contribution in [0.15, 0.2) is 18.2 Å². The zero-order chi connectivity index (χ0) is 13.9. The molecule has 0 atom stereocenters. The van der Waals surface area contributed by atoms with Gasteiger partial charge in [0.1, 0.15) is 0 Å². The predicted molar refractivity (Wildman–Crippen MR) is 59.2 cm³/mol. The van der Waals surface area contributed by atoms with Crippen LogP contribution in [0.5, 0.6) is 0 Å². The second-order valence-electron chi connectivity index (χ2n) is 3.32. The van der Waals surface area contributed by atoms with E-state index in [4.69, 9.17) is 5.11 Å². The predicted octanol–water partition coefficient (Wildman–Crippen LogP) is 0.926. The van der Waals surface area contributed by atoms with Crippen molar-refractivity contribution in [1.82, 2.24) is 5.06 Å². The second kappa shape index (κ2) is 5.23. The molecular formula is C10H10N2O6. The number of carboxylic acids is 1. The Morgan fingerprint density at radius 2 is 1.89 bits per heavy atom. The molecular weight excluding hydrogens is 244 g/mol. The van der Waals surface area contributed by atoms with Crippen molar-refractivity contribution in [3.8, 4) is 0 Å². The molecule has 0 saturated carbocycles. The fourth-order valence-electron chi connectivity index (χ4n) is 1.23. The van der Waals surface area contributed by atoms with E-state index in [1.807, 2.05) is 0 Å². The number of nitro groups is 1. The summed E-state index contributed by atoms with van der Waals surface area (Å²) in [4.78, 5) is 37.0. The van der Waals surface area contributed by atoms with Gasteiger partial charge in [-0.25, -0.2) is 9.86 Å². The lowest BCUT2D eigenvalue weighted by Crippen LogP contribution is -2.25. The molecule has 0 spiro atoms. The summed E-state index contributed by atoms with van der Waals surface area (Å²) in [5.74, 6) is -2.03. The number of hydrogen-bond donors (Lipinski definition) is 1. The summed E-state index contributed by atoms with van der Waals surface area (Å²) in [6.45, 7) is 0. The third-order valence-electron chi connectivity index (χ3n) is 2.18. The first-order chi connectivity index (χ1) is 8.36. The maximum absolute atomic E-state index is 11.7. The van der Waals surface area contributed by atoms with Gasteiger partial charge in [-0.05, 0) is 6.07 Å². The van der Waals surface area contributed by atoms with Gasteiger partial charge in [0.25, 0.3) is 11.6 Å². The number of hydrogen-bond acceptors (Lipinski definition) is 5. The van der Waals surface area contributed by atoms with Crippen LogP contribution in [-0.4, -0.2) is 41.1 Å². The lowest BCUT2D eigenvalue weighted by molar-refractivity contribution is -0.384. The van der Waals surface area contributed by atoms with E-state index in [9.17, 15) is 19.7 Å². The first kappa shape index (κ1) is 13.6. The van der Waals surface area contributed by atoms with E-state index in [1.165, 1.54) is 14.2 Å². The summed E-state index contributed by atoms with van der Waals surface area (Å²) in [7, 11) is 2.55. The second-order valence-corrected chi connectivity index (χ2v) is 3.32. The fourth-order valence-corrected chi connectivity index (χ4v) is 1.23. The van der Waals surface area contributed by atoms with Crippen LogP contribution < -0.4 is 0 Å². The van der Waals surface area contributed by atoms with Crippen molar-refractivity contribution in [1.29, 1.82) is 0 Å². The molecule has 0 aliphatic heterocycles. The Hall–Kier alpha value is -2.48. The van der Waals surface area contributed by atoms with Crippen molar-refractivity contribution < 1.29 is 24.5 Å². The summed E-state index contributed by atoms with van der Waals surface area (Å²) in [5, 5.41) is 20.3. The molecule has 8 heteroatoms. The number of carboxylic acid groups (broad SMARTS) is 1. The van der Waals surface area contributed by atoms with E-state index in [-0.39, 0.29) is 11.1 Å². The Labute approximate surface area is 101 Å². The van der Waals surface area contributed by atoms with Gasteiger partial charge in [-0.3, -0.25) is 19.7 Å². The number of carbonyl (C=O) groups is 2. The molecule has 1 aromatic rings. The Morgan fingerprint density at radius 1 is 1.33 bits per heavy atom. The van der Waals surface area contributed by atoms with E-state index in [0.29, 0.717) is 0 Å². The van der Waals surface area contributed by atoms with Crippen LogP contribution >= 0.6 is 0 Å². The molecule has 0 radical (unpaired) electrons. The topological polar surface area (TPSA) is 110 Å². The quantitative estimate of drug-likeness (QED) is 0.632. The number of amides is 1. The molecule has 0 heterocycles. The molecule has 18 heavy (non-hydrogen) atoms. The van der Waals surface area contributed by atoms with Gasteiger partial charge in [0.2, 0.25) is 0 Å². The first-order valence-electron chi connectivity index (χ1n) is 4.71. The van der Waals surface area contributed by atoms with E-state index >= 15 is 0 Å². The Balaban J connectivity index is 3.31. The average Bonchev–Trinajstić information content (AvgIpc) is 2.36. The van der Waals surface area contributed by atoms with E-state index in [2.05, 4.69) is 4.84 Å². The standard InChI is InChI=1S/C10H10N2O6/c1-11(18-2)9(13)6-3-7(10(14)15)5-8(4-6)12(16)17/h3-5H,1-2H3,(H,14,15). The third kappa shape index (κ3) is 2.80. The van der Waals surface area contributed by atoms with Gasteiger partial charge in [0, 0.05) is 24.7 Å². The maximum atomic E-state index is 11.7. The Morgan fingerprint density at radius 3 is 2.33 bits per heavy atom. The van der Waals surface area contributed by atoms with Gasteiger partial charge in [-0.1, -0.05) is 0 Å². The molecule has 1 rings (SSSR count). The van der Waals surface area contributed by atoms with Gasteiger partial charge < -0.3 is 5.11 Å². The molecule has 0 saturated heterocycles. The molecule has 0 fully saturated rings. The van der Waals surface area contributed by atoms with E-state index in [0.717, 1.165) is 23.3 Å². The number of carbonyl (C=O) groups excluding carboxylic acids is 1. The number of benzene rings is 1.